The Morgan fingerprint density at radius 2 is 1.95 bits per heavy atom. The van der Waals surface area contributed by atoms with E-state index in [4.69, 9.17) is 15.2 Å². The lowest BCUT2D eigenvalue weighted by Crippen LogP contribution is -2.40. The van der Waals surface area contributed by atoms with Crippen molar-refractivity contribution < 1.29 is 9.47 Å². The Balaban J connectivity index is 1.74. The lowest BCUT2D eigenvalue weighted by molar-refractivity contribution is -0.0607. The van der Waals surface area contributed by atoms with Crippen molar-refractivity contribution in [3.63, 3.8) is 0 Å². The predicted molar refractivity (Wildman–Crippen MR) is 87.6 cm³/mol. The van der Waals surface area contributed by atoms with E-state index in [1.54, 1.807) is 0 Å². The molecule has 1 fully saturated rings. The standard InChI is InChI=1S/C17H24BrNO2/c18-15-9-13-5-8-20-16(13)14(10-15)11-21-17(12-19)6-3-1-2-4-7-17/h9-10H,1-8,11-12,19H2. The molecule has 1 heterocycles. The van der Waals surface area contributed by atoms with Gasteiger partial charge in [-0.05, 0) is 30.5 Å². The van der Waals surface area contributed by atoms with E-state index in [9.17, 15) is 0 Å². The van der Waals surface area contributed by atoms with Crippen LogP contribution in [0.15, 0.2) is 16.6 Å². The van der Waals surface area contributed by atoms with Gasteiger partial charge in [-0.1, -0.05) is 41.6 Å². The molecule has 4 heteroatoms. The summed E-state index contributed by atoms with van der Waals surface area (Å²) in [7, 11) is 0. The highest BCUT2D eigenvalue weighted by molar-refractivity contribution is 9.10. The SMILES string of the molecule is NCC1(OCc2cc(Br)cc3c2OCC3)CCCCCC1. The highest BCUT2D eigenvalue weighted by Crippen LogP contribution is 2.36. The summed E-state index contributed by atoms with van der Waals surface area (Å²) < 4.78 is 13.2. The molecule has 1 aromatic carbocycles. The summed E-state index contributed by atoms with van der Waals surface area (Å²) in [5, 5.41) is 0. The van der Waals surface area contributed by atoms with Gasteiger partial charge in [0, 0.05) is 23.0 Å². The summed E-state index contributed by atoms with van der Waals surface area (Å²) >= 11 is 3.59. The smallest absolute Gasteiger partial charge is 0.128 e. The second-order valence-corrected chi connectivity index (χ2v) is 7.16. The number of ether oxygens (including phenoxy) is 2. The largest absolute Gasteiger partial charge is 0.493 e. The molecule has 1 aliphatic carbocycles. The first kappa shape index (κ1) is 15.3. The Hall–Kier alpha value is -0.580. The summed E-state index contributed by atoms with van der Waals surface area (Å²) in [5.41, 5.74) is 8.34. The maximum Gasteiger partial charge on any atom is 0.128 e. The Morgan fingerprint density at radius 3 is 2.67 bits per heavy atom. The van der Waals surface area contributed by atoms with E-state index in [-0.39, 0.29) is 5.60 Å². The van der Waals surface area contributed by atoms with Crippen molar-refractivity contribution in [3.8, 4) is 5.75 Å². The predicted octanol–water partition coefficient (Wildman–Crippen LogP) is 3.95. The minimum absolute atomic E-state index is 0.135. The molecular weight excluding hydrogens is 330 g/mol. The molecule has 0 bridgehead atoms. The Bertz CT molecular complexity index is 496. The molecule has 1 saturated carbocycles. The van der Waals surface area contributed by atoms with Crippen molar-refractivity contribution in [2.75, 3.05) is 13.2 Å². The quantitative estimate of drug-likeness (QED) is 0.833. The molecule has 0 aromatic heterocycles. The molecule has 0 amide bonds. The van der Waals surface area contributed by atoms with E-state index in [0.29, 0.717) is 13.2 Å². The third-order valence-corrected chi connectivity index (χ3v) is 5.20. The summed E-state index contributed by atoms with van der Waals surface area (Å²) in [6, 6.07) is 4.27. The van der Waals surface area contributed by atoms with Gasteiger partial charge in [0.15, 0.2) is 0 Å². The number of hydrogen-bond donors (Lipinski definition) is 1. The summed E-state index contributed by atoms with van der Waals surface area (Å²) in [5.74, 6) is 1.03. The van der Waals surface area contributed by atoms with Gasteiger partial charge in [-0.3, -0.25) is 0 Å². The van der Waals surface area contributed by atoms with Crippen LogP contribution >= 0.6 is 15.9 Å². The van der Waals surface area contributed by atoms with Crippen LogP contribution in [0.1, 0.15) is 49.7 Å². The fourth-order valence-corrected chi connectivity index (χ4v) is 4.02. The van der Waals surface area contributed by atoms with Gasteiger partial charge in [0.2, 0.25) is 0 Å². The van der Waals surface area contributed by atoms with Crippen LogP contribution in [0.3, 0.4) is 0 Å². The molecule has 2 N–H and O–H groups in total. The maximum absolute atomic E-state index is 6.34. The number of halogens is 1. The number of nitrogens with two attached hydrogens (primary N) is 1. The monoisotopic (exact) mass is 353 g/mol. The van der Waals surface area contributed by atoms with Crippen molar-refractivity contribution in [1.29, 1.82) is 0 Å². The average molecular weight is 354 g/mol. The fourth-order valence-electron chi connectivity index (χ4n) is 3.46. The minimum Gasteiger partial charge on any atom is -0.493 e. The summed E-state index contributed by atoms with van der Waals surface area (Å²) in [6.45, 7) is 1.99. The average Bonchev–Trinajstić information content (AvgIpc) is 2.82. The zero-order valence-corrected chi connectivity index (χ0v) is 14.1. The first-order valence-electron chi connectivity index (χ1n) is 8.01. The second kappa shape index (κ2) is 6.67. The van der Waals surface area contributed by atoms with Gasteiger partial charge in [-0.25, -0.2) is 0 Å². The molecule has 0 atom stereocenters. The molecule has 116 valence electrons. The number of hydrogen-bond acceptors (Lipinski definition) is 3. The topological polar surface area (TPSA) is 44.5 Å². The van der Waals surface area contributed by atoms with E-state index in [0.717, 1.165) is 41.7 Å². The van der Waals surface area contributed by atoms with Gasteiger partial charge in [-0.2, -0.15) is 0 Å². The summed E-state index contributed by atoms with van der Waals surface area (Å²) in [4.78, 5) is 0. The van der Waals surface area contributed by atoms with Crippen LogP contribution in [-0.4, -0.2) is 18.8 Å². The van der Waals surface area contributed by atoms with Crippen LogP contribution in [0, 0.1) is 0 Å². The molecular formula is C17H24BrNO2. The molecule has 3 rings (SSSR count). The van der Waals surface area contributed by atoms with Crippen LogP contribution in [0.5, 0.6) is 5.75 Å². The fraction of sp³-hybridized carbons (Fsp3) is 0.647. The van der Waals surface area contributed by atoms with Crippen molar-refractivity contribution in [3.05, 3.63) is 27.7 Å². The third kappa shape index (κ3) is 3.43. The first-order chi connectivity index (χ1) is 10.2. The van der Waals surface area contributed by atoms with Crippen molar-refractivity contribution in [2.24, 2.45) is 5.73 Å². The molecule has 0 unspecified atom stereocenters. The van der Waals surface area contributed by atoms with Crippen LogP contribution in [0.25, 0.3) is 0 Å². The Labute approximate surface area is 135 Å². The molecule has 1 aromatic rings. The van der Waals surface area contributed by atoms with Gasteiger partial charge >= 0.3 is 0 Å². The molecule has 21 heavy (non-hydrogen) atoms. The van der Waals surface area contributed by atoms with Crippen LogP contribution in [0.4, 0.5) is 0 Å². The van der Waals surface area contributed by atoms with E-state index in [1.165, 1.54) is 31.2 Å². The molecule has 1 aliphatic heterocycles. The zero-order valence-electron chi connectivity index (χ0n) is 12.5. The Morgan fingerprint density at radius 1 is 1.19 bits per heavy atom. The molecule has 0 radical (unpaired) electrons. The van der Waals surface area contributed by atoms with Crippen LogP contribution in [0.2, 0.25) is 0 Å². The van der Waals surface area contributed by atoms with Gasteiger partial charge in [0.1, 0.15) is 5.75 Å². The highest BCUT2D eigenvalue weighted by Gasteiger charge is 2.31. The van der Waals surface area contributed by atoms with E-state index in [1.807, 2.05) is 0 Å². The number of rotatable bonds is 4. The number of fused-ring (bicyclic) bond motifs is 1. The highest BCUT2D eigenvalue weighted by atomic mass is 79.9. The van der Waals surface area contributed by atoms with Gasteiger partial charge in [-0.15, -0.1) is 0 Å². The van der Waals surface area contributed by atoms with Gasteiger partial charge in [0.05, 0.1) is 18.8 Å². The van der Waals surface area contributed by atoms with Crippen LogP contribution < -0.4 is 10.5 Å². The van der Waals surface area contributed by atoms with Crippen molar-refractivity contribution in [2.45, 2.75) is 57.2 Å². The first-order valence-corrected chi connectivity index (χ1v) is 8.80. The van der Waals surface area contributed by atoms with Crippen LogP contribution in [-0.2, 0) is 17.8 Å². The molecule has 0 saturated heterocycles. The van der Waals surface area contributed by atoms with E-state index in [2.05, 4.69) is 28.1 Å². The molecule has 2 aliphatic rings. The zero-order chi connectivity index (χ0) is 14.7. The third-order valence-electron chi connectivity index (χ3n) is 4.75. The van der Waals surface area contributed by atoms with Crippen molar-refractivity contribution >= 4 is 15.9 Å². The molecule has 3 nitrogen and oxygen atoms in total. The lowest BCUT2D eigenvalue weighted by atomic mass is 9.94. The van der Waals surface area contributed by atoms with E-state index >= 15 is 0 Å². The maximum atomic E-state index is 6.34. The normalized spacial score (nSPS) is 20.7. The van der Waals surface area contributed by atoms with E-state index < -0.39 is 0 Å². The minimum atomic E-state index is -0.135. The number of benzene rings is 1. The van der Waals surface area contributed by atoms with Gasteiger partial charge in [0.25, 0.3) is 0 Å². The molecule has 0 spiro atoms. The van der Waals surface area contributed by atoms with Crippen molar-refractivity contribution in [1.82, 2.24) is 0 Å². The lowest BCUT2D eigenvalue weighted by Gasteiger charge is -2.32. The Kier molecular flexibility index (Phi) is 4.87. The van der Waals surface area contributed by atoms with Gasteiger partial charge < -0.3 is 15.2 Å². The summed E-state index contributed by atoms with van der Waals surface area (Å²) in [6.07, 6.45) is 8.22. The second-order valence-electron chi connectivity index (χ2n) is 6.24.